The molecule has 0 aliphatic carbocycles. The van der Waals surface area contributed by atoms with E-state index >= 15 is 0 Å². The molecule has 4 nitrogen and oxygen atoms in total. The number of carbonyl (C=O) groups is 2. The third-order valence-electron chi connectivity index (χ3n) is 1.92. The molecule has 0 aromatic rings. The van der Waals surface area contributed by atoms with Gasteiger partial charge < -0.3 is 10.2 Å². The van der Waals surface area contributed by atoms with Crippen LogP contribution in [0.1, 0.15) is 6.42 Å². The van der Waals surface area contributed by atoms with E-state index in [0.717, 1.165) is 7.05 Å². The highest BCUT2D eigenvalue weighted by Crippen LogP contribution is 2.36. The van der Waals surface area contributed by atoms with Crippen LogP contribution < -0.4 is 5.32 Å². The van der Waals surface area contributed by atoms with Crippen molar-refractivity contribution in [2.45, 2.75) is 18.5 Å². The van der Waals surface area contributed by atoms with Gasteiger partial charge in [-0.1, -0.05) is 0 Å². The Hall–Kier alpha value is -1.41. The van der Waals surface area contributed by atoms with Crippen LogP contribution in [0.3, 0.4) is 0 Å². The van der Waals surface area contributed by atoms with Crippen molar-refractivity contribution < 1.29 is 31.5 Å². The zero-order valence-electron chi connectivity index (χ0n) is 9.07. The number of amides is 2. The van der Waals surface area contributed by atoms with Gasteiger partial charge in [-0.15, -0.1) is 0 Å². The Morgan fingerprint density at radius 2 is 1.65 bits per heavy atom. The van der Waals surface area contributed by atoms with Gasteiger partial charge in [0.2, 0.25) is 5.91 Å². The third-order valence-corrected chi connectivity index (χ3v) is 1.92. The normalized spacial score (nSPS) is 12.2. The lowest BCUT2D eigenvalue weighted by molar-refractivity contribution is -0.273. The second-order valence-electron chi connectivity index (χ2n) is 3.22. The Labute approximate surface area is 93.8 Å². The average Bonchev–Trinajstić information content (AvgIpc) is 2.22. The fourth-order valence-corrected chi connectivity index (χ4v) is 0.857. The Balaban J connectivity index is 4.56. The molecule has 0 heterocycles. The van der Waals surface area contributed by atoms with Crippen molar-refractivity contribution in [2.24, 2.45) is 0 Å². The molecule has 0 atom stereocenters. The Bertz CT molecular complexity index is 303. The minimum atomic E-state index is -5.94. The first-order valence-corrected chi connectivity index (χ1v) is 4.44. The van der Waals surface area contributed by atoms with Gasteiger partial charge in [-0.3, -0.25) is 9.59 Å². The van der Waals surface area contributed by atoms with Crippen molar-refractivity contribution in [2.75, 3.05) is 20.6 Å². The first-order valence-electron chi connectivity index (χ1n) is 4.44. The second-order valence-corrected chi connectivity index (χ2v) is 3.22. The van der Waals surface area contributed by atoms with Gasteiger partial charge in [0.25, 0.3) is 0 Å². The summed E-state index contributed by atoms with van der Waals surface area (Å²) in [6.07, 6.45) is -6.29. The lowest BCUT2D eigenvalue weighted by Crippen LogP contribution is -2.51. The molecule has 1 N–H and O–H groups in total. The summed E-state index contributed by atoms with van der Waals surface area (Å²) in [7, 11) is 2.04. The molecule has 0 rings (SSSR count). The Morgan fingerprint density at radius 1 is 1.18 bits per heavy atom. The Morgan fingerprint density at radius 3 is 2.00 bits per heavy atom. The molecule has 100 valence electrons. The molecule has 0 aromatic heterocycles. The molecule has 0 saturated heterocycles. The predicted octanol–water partition coefficient (Wildman–Crippen LogP) is 0.778. The number of rotatable bonds is 4. The maximum absolute atomic E-state index is 12.6. The van der Waals surface area contributed by atoms with Crippen LogP contribution in [0.25, 0.3) is 0 Å². The zero-order chi connectivity index (χ0) is 13.9. The van der Waals surface area contributed by atoms with Crippen molar-refractivity contribution in [1.29, 1.82) is 0 Å². The molecule has 0 bridgehead atoms. The molecule has 0 aliphatic heterocycles. The highest BCUT2D eigenvalue weighted by atomic mass is 19.4. The quantitative estimate of drug-likeness (QED) is 0.761. The molecule has 0 spiro atoms. The minimum absolute atomic E-state index is 0.169. The molecular formula is C8H11F5N2O2. The van der Waals surface area contributed by atoms with Gasteiger partial charge in [0.1, 0.15) is 0 Å². The van der Waals surface area contributed by atoms with Crippen LogP contribution in [0, 0.1) is 0 Å². The number of hydrogen-bond acceptors (Lipinski definition) is 2. The van der Waals surface area contributed by atoms with E-state index < -0.39 is 30.5 Å². The zero-order valence-corrected chi connectivity index (χ0v) is 9.07. The van der Waals surface area contributed by atoms with Crippen molar-refractivity contribution in [1.82, 2.24) is 10.2 Å². The van der Waals surface area contributed by atoms with Crippen LogP contribution in [0.5, 0.6) is 0 Å². The van der Waals surface area contributed by atoms with Gasteiger partial charge in [0, 0.05) is 27.1 Å². The van der Waals surface area contributed by atoms with E-state index in [0.29, 0.717) is 0 Å². The molecule has 0 fully saturated rings. The van der Waals surface area contributed by atoms with Crippen LogP contribution in [0.15, 0.2) is 0 Å². The maximum atomic E-state index is 12.6. The lowest BCUT2D eigenvalue weighted by Gasteiger charge is -2.24. The summed E-state index contributed by atoms with van der Waals surface area (Å²) in [6, 6.07) is 0. The monoisotopic (exact) mass is 262 g/mol. The molecule has 17 heavy (non-hydrogen) atoms. The lowest BCUT2D eigenvalue weighted by atomic mass is 10.2. The molecule has 2 amide bonds. The van der Waals surface area contributed by atoms with Crippen LogP contribution in [-0.4, -0.2) is 49.5 Å². The highest BCUT2D eigenvalue weighted by molar-refractivity contribution is 5.85. The van der Waals surface area contributed by atoms with E-state index in [-0.39, 0.29) is 11.3 Å². The van der Waals surface area contributed by atoms with E-state index in [2.05, 4.69) is 5.32 Å². The Kier molecular flexibility index (Phi) is 4.84. The largest absolute Gasteiger partial charge is 0.463 e. The first kappa shape index (κ1) is 15.6. The van der Waals surface area contributed by atoms with E-state index in [4.69, 9.17) is 0 Å². The minimum Gasteiger partial charge on any atom is -0.359 e. The number of nitrogens with zero attached hydrogens (tertiary/aromatic N) is 1. The van der Waals surface area contributed by atoms with Gasteiger partial charge >= 0.3 is 18.0 Å². The smallest absolute Gasteiger partial charge is 0.359 e. The maximum Gasteiger partial charge on any atom is 0.463 e. The van der Waals surface area contributed by atoms with E-state index in [1.165, 1.54) is 7.05 Å². The summed E-state index contributed by atoms with van der Waals surface area (Å²) in [5, 5.41) is 2.14. The number of hydrogen-bond donors (Lipinski definition) is 1. The fraction of sp³-hybridized carbons (Fsp3) is 0.750. The van der Waals surface area contributed by atoms with E-state index in [1.54, 1.807) is 0 Å². The molecule has 9 heteroatoms. The van der Waals surface area contributed by atoms with Crippen LogP contribution in [-0.2, 0) is 9.59 Å². The van der Waals surface area contributed by atoms with Crippen LogP contribution in [0.2, 0.25) is 0 Å². The second kappa shape index (κ2) is 5.28. The van der Waals surface area contributed by atoms with Gasteiger partial charge in [-0.05, 0) is 0 Å². The van der Waals surface area contributed by atoms with E-state index in [9.17, 15) is 31.5 Å². The molecule has 0 aromatic carbocycles. The van der Waals surface area contributed by atoms with Crippen molar-refractivity contribution in [3.05, 3.63) is 0 Å². The summed E-state index contributed by atoms with van der Waals surface area (Å²) in [5.41, 5.74) is 0. The molecule has 0 aliphatic rings. The topological polar surface area (TPSA) is 49.4 Å². The summed E-state index contributed by atoms with van der Waals surface area (Å²) >= 11 is 0. The van der Waals surface area contributed by atoms with Gasteiger partial charge in [0.05, 0.1) is 0 Å². The third kappa shape index (κ3) is 3.82. The fourth-order valence-electron chi connectivity index (χ4n) is 0.857. The molecule has 0 unspecified atom stereocenters. The van der Waals surface area contributed by atoms with Crippen molar-refractivity contribution in [3.63, 3.8) is 0 Å². The summed E-state index contributed by atoms with van der Waals surface area (Å²) in [4.78, 5) is 21.7. The first-order chi connectivity index (χ1) is 7.54. The molecule has 0 radical (unpaired) electrons. The highest BCUT2D eigenvalue weighted by Gasteiger charge is 2.64. The average molecular weight is 262 g/mol. The van der Waals surface area contributed by atoms with Gasteiger partial charge in [0.15, 0.2) is 0 Å². The van der Waals surface area contributed by atoms with Crippen molar-refractivity contribution in [3.8, 4) is 0 Å². The number of alkyl halides is 5. The molecule has 0 saturated carbocycles. The summed E-state index contributed by atoms with van der Waals surface area (Å²) < 4.78 is 60.6. The summed E-state index contributed by atoms with van der Waals surface area (Å²) in [5.74, 6) is -8.39. The SMILES string of the molecule is CNC(=O)CCN(C)C(=O)C(F)(F)C(F)(F)F. The molecular weight excluding hydrogens is 251 g/mol. The van der Waals surface area contributed by atoms with E-state index in [1.807, 2.05) is 0 Å². The number of halogens is 5. The number of carbonyl (C=O) groups excluding carboxylic acids is 2. The number of nitrogens with one attached hydrogen (secondary N) is 1. The van der Waals surface area contributed by atoms with Crippen LogP contribution >= 0.6 is 0 Å². The van der Waals surface area contributed by atoms with Gasteiger partial charge in [-0.2, -0.15) is 22.0 Å². The van der Waals surface area contributed by atoms with Crippen LogP contribution in [0.4, 0.5) is 22.0 Å². The summed E-state index contributed by atoms with van der Waals surface area (Å²) in [6.45, 7) is -0.524. The van der Waals surface area contributed by atoms with Crippen molar-refractivity contribution >= 4 is 11.8 Å². The predicted molar refractivity (Wildman–Crippen MR) is 47.3 cm³/mol. The van der Waals surface area contributed by atoms with Gasteiger partial charge in [-0.25, -0.2) is 0 Å². The standard InChI is InChI=1S/C8H11F5N2O2/c1-14-5(16)3-4-15(2)6(17)7(9,10)8(11,12)13/h3-4H2,1-2H3,(H,14,16).